The van der Waals surface area contributed by atoms with E-state index in [-0.39, 0.29) is 34.7 Å². The average Bonchev–Trinajstić information content (AvgIpc) is 1.59. The summed E-state index contributed by atoms with van der Waals surface area (Å²) in [6.07, 6.45) is 32.8. The van der Waals surface area contributed by atoms with E-state index in [1.54, 1.807) is 0 Å². The Morgan fingerprint density at radius 2 is 0.825 bits per heavy atom. The molecule has 9 aromatic rings. The molecule has 4 fully saturated rings. The molecule has 0 spiro atoms. The molecule has 6 aromatic carbocycles. The third kappa shape index (κ3) is 15.0. The van der Waals surface area contributed by atoms with Crippen LogP contribution in [0.15, 0.2) is 132 Å². The number of allylic oxidation sites excluding steroid dienone is 2. The number of nitrogens with zero attached hydrogens (tertiary/aromatic N) is 6. The van der Waals surface area contributed by atoms with Crippen LogP contribution in [0.4, 0.5) is 5.69 Å². The van der Waals surface area contributed by atoms with Crippen molar-refractivity contribution in [3.63, 3.8) is 0 Å². The number of aliphatic hydroxyl groups excluding tert-OH is 3. The highest BCUT2D eigenvalue weighted by atomic mass is 79.9. The average molecular weight is 1440 g/mol. The summed E-state index contributed by atoms with van der Waals surface area (Å²) in [5, 5.41) is 65.6. The van der Waals surface area contributed by atoms with Gasteiger partial charge >= 0.3 is 7.12 Å². The second-order valence-electron chi connectivity index (χ2n) is 33.4. The second kappa shape index (κ2) is 28.7. The second-order valence-corrected chi connectivity index (χ2v) is 34.2. The van der Waals surface area contributed by atoms with Crippen LogP contribution >= 0.6 is 15.9 Å². The van der Waals surface area contributed by atoms with Gasteiger partial charge in [-0.25, -0.2) is 0 Å². The first-order valence-corrected chi connectivity index (χ1v) is 38.2. The van der Waals surface area contributed by atoms with Gasteiger partial charge in [-0.2, -0.15) is 15.8 Å². The number of rotatable bonds is 6. The van der Waals surface area contributed by atoms with Crippen LogP contribution in [0.2, 0.25) is 0 Å². The van der Waals surface area contributed by atoms with Crippen molar-refractivity contribution in [2.75, 3.05) is 5.32 Å². The van der Waals surface area contributed by atoms with Crippen LogP contribution in [0, 0.1) is 65.6 Å². The van der Waals surface area contributed by atoms with Gasteiger partial charge in [0.25, 0.3) is 0 Å². The lowest BCUT2D eigenvalue weighted by molar-refractivity contribution is 0.00578. The number of aromatic nitrogens is 3. The van der Waals surface area contributed by atoms with Crippen molar-refractivity contribution >= 4 is 85.1 Å². The number of hydrogen-bond donors (Lipinski definition) is 4. The molecular weight excluding hydrogens is 1340 g/mol. The van der Waals surface area contributed by atoms with Crippen LogP contribution < -0.4 is 10.8 Å². The molecule has 4 N–H and O–H groups in total. The molecule has 103 heavy (non-hydrogen) atoms. The standard InChI is InChI=1S/2C28H30N2O.C22H29BN2O3.C11H12BrN/c2*1-18-13-27-25(14-20(18)16-29)26(17-30(27)21-7-9-22(31)10-8-21)24-6-4-5-19-15-28(2,3)12-11-23(19)24;1-14-10-20-18(11-15(14)12-24)19(23-27-21(2,3)22(4,5)28-23)13-25(20)16-6-8-17(26)9-7-16;1-11(2)7-6-8-9(12)4-3-5-10(8)13-11/h2*4-6,11-14,17,21-22,31H,7-10,15H2,1-3H3;10-11,13,16-17,26H,6-9H2,1-5H3;3-7,13H,1-2H3. The van der Waals surface area contributed by atoms with E-state index >= 15 is 0 Å². The minimum absolute atomic E-state index is 0.0633. The predicted molar refractivity (Wildman–Crippen MR) is 425 cm³/mol. The van der Waals surface area contributed by atoms with E-state index in [1.165, 1.54) is 66.8 Å². The Morgan fingerprint density at radius 3 is 1.23 bits per heavy atom. The van der Waals surface area contributed by atoms with E-state index < -0.39 is 18.3 Å². The number of benzene rings is 6. The van der Waals surface area contributed by atoms with Gasteiger partial charge in [0.2, 0.25) is 0 Å². The summed E-state index contributed by atoms with van der Waals surface area (Å²) in [7, 11) is -0.461. The van der Waals surface area contributed by atoms with Crippen LogP contribution in [0.3, 0.4) is 0 Å². The third-order valence-corrected chi connectivity index (χ3v) is 24.2. The molecule has 532 valence electrons. The van der Waals surface area contributed by atoms with Crippen molar-refractivity contribution in [3.8, 4) is 40.5 Å². The quantitative estimate of drug-likeness (QED) is 0.118. The lowest BCUT2D eigenvalue weighted by Crippen LogP contribution is -2.41. The van der Waals surface area contributed by atoms with Crippen LogP contribution in [0.25, 0.3) is 73.2 Å². The lowest BCUT2D eigenvalue weighted by atomic mass is 9.77. The summed E-state index contributed by atoms with van der Waals surface area (Å²) in [5.74, 6) is 0. The van der Waals surface area contributed by atoms with Crippen LogP contribution in [0.1, 0.15) is 226 Å². The molecule has 2 aliphatic heterocycles. The summed E-state index contributed by atoms with van der Waals surface area (Å²) in [5.41, 5.74) is 22.0. The van der Waals surface area contributed by atoms with Crippen LogP contribution in [-0.4, -0.2) is 71.2 Å². The van der Waals surface area contributed by atoms with E-state index in [4.69, 9.17) is 9.31 Å². The van der Waals surface area contributed by atoms with Gasteiger partial charge < -0.3 is 43.6 Å². The Hall–Kier alpha value is -8.23. The zero-order valence-corrected chi connectivity index (χ0v) is 64.1. The number of hydrogen-bond acceptors (Lipinski definition) is 9. The number of nitrogens with one attached hydrogen (secondary N) is 1. The molecule has 0 atom stereocenters. The summed E-state index contributed by atoms with van der Waals surface area (Å²) in [6, 6.07) is 40.2. The van der Waals surface area contributed by atoms with Crippen molar-refractivity contribution in [2.45, 2.75) is 233 Å². The number of aliphatic hydroxyl groups is 3. The summed E-state index contributed by atoms with van der Waals surface area (Å²) in [4.78, 5) is 0. The summed E-state index contributed by atoms with van der Waals surface area (Å²) < 4.78 is 20.9. The first-order valence-electron chi connectivity index (χ1n) is 37.4. The number of halogens is 1. The molecule has 0 unspecified atom stereocenters. The number of anilines is 1. The maximum absolute atomic E-state index is 10.0. The molecule has 1 saturated heterocycles. The molecule has 0 amide bonds. The van der Waals surface area contributed by atoms with E-state index in [9.17, 15) is 31.1 Å². The Kier molecular flexibility index (Phi) is 20.4. The van der Waals surface area contributed by atoms with Crippen molar-refractivity contribution in [1.82, 2.24) is 13.7 Å². The van der Waals surface area contributed by atoms with Gasteiger partial charge in [-0.05, 0) is 262 Å². The smallest absolute Gasteiger partial charge is 0.399 e. The third-order valence-electron chi connectivity index (χ3n) is 23.5. The molecule has 14 heteroatoms. The Morgan fingerprint density at radius 1 is 0.456 bits per heavy atom. The van der Waals surface area contributed by atoms with Crippen LogP contribution in [-0.2, 0) is 22.2 Å². The molecule has 7 aliphatic rings. The molecule has 0 bridgehead atoms. The normalized spacial score (nSPS) is 22.9. The number of aryl methyl sites for hydroxylation is 3. The van der Waals surface area contributed by atoms with E-state index in [1.807, 2.05) is 32.9 Å². The fraction of sp³-hybridized carbons (Fsp3) is 0.427. The van der Waals surface area contributed by atoms with Gasteiger partial charge in [0.1, 0.15) is 0 Å². The highest BCUT2D eigenvalue weighted by molar-refractivity contribution is 9.10. The zero-order chi connectivity index (χ0) is 73.2. The first kappa shape index (κ1) is 73.1. The molecular formula is C89H101BBrN7O5. The highest BCUT2D eigenvalue weighted by Gasteiger charge is 2.53. The largest absolute Gasteiger partial charge is 0.497 e. The maximum Gasteiger partial charge on any atom is 0.497 e. The van der Waals surface area contributed by atoms with Gasteiger partial charge in [0.15, 0.2) is 0 Å². The monoisotopic (exact) mass is 1440 g/mol. The summed E-state index contributed by atoms with van der Waals surface area (Å²) in [6.45, 7) is 27.7. The van der Waals surface area contributed by atoms with Crippen molar-refractivity contribution in [2.24, 2.45) is 10.8 Å². The molecule has 5 aliphatic carbocycles. The fourth-order valence-corrected chi connectivity index (χ4v) is 17.2. The number of nitriles is 3. The Balaban J connectivity index is 0.000000127. The van der Waals surface area contributed by atoms with E-state index in [0.29, 0.717) is 23.7 Å². The van der Waals surface area contributed by atoms with Gasteiger partial charge in [0.05, 0.1) is 70.0 Å². The zero-order valence-electron chi connectivity index (χ0n) is 62.5. The predicted octanol–water partition coefficient (Wildman–Crippen LogP) is 20.4. The lowest BCUT2D eigenvalue weighted by Gasteiger charge is -2.32. The first-order chi connectivity index (χ1) is 48.9. The molecule has 5 heterocycles. The topological polar surface area (TPSA) is 177 Å². The van der Waals surface area contributed by atoms with Crippen molar-refractivity contribution in [1.29, 1.82) is 15.8 Å². The molecule has 16 rings (SSSR count). The van der Waals surface area contributed by atoms with E-state index in [2.05, 4.69) is 256 Å². The molecule has 3 saturated carbocycles. The van der Waals surface area contributed by atoms with Crippen molar-refractivity contribution in [3.05, 3.63) is 193 Å². The van der Waals surface area contributed by atoms with Gasteiger partial charge in [-0.15, -0.1) is 0 Å². The highest BCUT2D eigenvalue weighted by Crippen LogP contribution is 2.47. The van der Waals surface area contributed by atoms with Gasteiger partial charge in [-0.3, -0.25) is 0 Å². The number of fused-ring (bicyclic) bond motifs is 6. The molecule has 0 radical (unpaired) electrons. The van der Waals surface area contributed by atoms with E-state index in [0.717, 1.165) is 149 Å². The Bertz CT molecular complexity index is 4760. The van der Waals surface area contributed by atoms with Crippen molar-refractivity contribution < 1.29 is 24.6 Å². The molecule has 12 nitrogen and oxygen atoms in total. The van der Waals surface area contributed by atoms with Crippen LogP contribution in [0.5, 0.6) is 0 Å². The molecule has 3 aromatic heterocycles. The van der Waals surface area contributed by atoms with Gasteiger partial charge in [0, 0.05) is 102 Å². The maximum atomic E-state index is 10.0. The fourth-order valence-electron chi connectivity index (χ4n) is 16.7. The van der Waals surface area contributed by atoms with Gasteiger partial charge in [-0.1, -0.05) is 123 Å². The SMILES string of the molecule is CC1(C)C=Cc2c(Br)cccc2N1.Cc1cc2c(cc1C#N)c(-c1cccc3c1C=CC(C)(C)C3)cn2C1CCC(O)CC1.Cc1cc2c(cc1C#N)c(-c1cccc3c1C=CC(C)(C)C3)cn2C1CCC(O)CC1.Cc1cc2c(cc1C#N)c(B1OC(C)(C)C(C)(C)O1)cn2C1CCC(O)CC1. The summed E-state index contributed by atoms with van der Waals surface area (Å²) >= 11 is 3.53. The Labute approximate surface area is 618 Å². The minimum atomic E-state index is -0.461. The minimum Gasteiger partial charge on any atom is -0.399 e.